The number of aromatic nitrogens is 1. The maximum Gasteiger partial charge on any atom is 0.357 e. The molecule has 0 N–H and O–H groups in total. The minimum absolute atomic E-state index is 0.161. The van der Waals surface area contributed by atoms with Gasteiger partial charge < -0.3 is 9.64 Å². The Kier molecular flexibility index (Phi) is 9.11. The molecule has 1 aromatic heterocycles. The second kappa shape index (κ2) is 10.5. The Morgan fingerprint density at radius 3 is 2.52 bits per heavy atom. The highest BCUT2D eigenvalue weighted by atomic mass is 32.1. The summed E-state index contributed by atoms with van der Waals surface area (Å²) >= 11 is 1.48. The lowest BCUT2D eigenvalue weighted by Gasteiger charge is -2.33. The Morgan fingerprint density at radius 1 is 1.28 bits per heavy atom. The molecule has 5 nitrogen and oxygen atoms in total. The molecule has 1 heterocycles. The normalized spacial score (nSPS) is 13.6. The number of rotatable bonds is 10. The van der Waals surface area contributed by atoms with Crippen LogP contribution < -0.4 is 0 Å². The molecular weight excluding hydrogens is 336 g/mol. The zero-order valence-corrected chi connectivity index (χ0v) is 17.2. The summed E-state index contributed by atoms with van der Waals surface area (Å²) < 4.78 is 5.00. The fourth-order valence-corrected chi connectivity index (χ4v) is 3.70. The van der Waals surface area contributed by atoms with Gasteiger partial charge in [-0.05, 0) is 25.7 Å². The van der Waals surface area contributed by atoms with Crippen molar-refractivity contribution in [1.29, 1.82) is 0 Å². The van der Waals surface area contributed by atoms with Crippen LogP contribution in [0.25, 0.3) is 0 Å². The van der Waals surface area contributed by atoms with Gasteiger partial charge in [0.15, 0.2) is 5.69 Å². The number of carbonyl (C=O) groups is 2. The van der Waals surface area contributed by atoms with Crippen molar-refractivity contribution in [3.8, 4) is 0 Å². The van der Waals surface area contributed by atoms with E-state index in [1.807, 2.05) is 11.9 Å². The van der Waals surface area contributed by atoms with Crippen LogP contribution in [0.2, 0.25) is 0 Å². The second-order valence-corrected chi connectivity index (χ2v) is 7.74. The summed E-state index contributed by atoms with van der Waals surface area (Å²) in [5.41, 5.74) is 0.377. The van der Waals surface area contributed by atoms with Gasteiger partial charge in [0.25, 0.3) is 0 Å². The number of hydrogen-bond acceptors (Lipinski definition) is 5. The maximum atomic E-state index is 12.4. The lowest BCUT2D eigenvalue weighted by atomic mass is 9.92. The first-order valence-electron chi connectivity index (χ1n) is 9.19. The smallest absolute Gasteiger partial charge is 0.357 e. The predicted molar refractivity (Wildman–Crippen MR) is 102 cm³/mol. The van der Waals surface area contributed by atoms with E-state index in [4.69, 9.17) is 4.74 Å². The average Bonchev–Trinajstić information content (AvgIpc) is 3.06. The van der Waals surface area contributed by atoms with Crippen molar-refractivity contribution in [2.45, 2.75) is 72.3 Å². The standard InChI is InChI=1S/C19H32N2O3S/c1-7-9-10-17(22)21(6)16(13(3)4)11-14(5)18-20-15(12-25-18)19(23)24-8-2/h12-14,16H,7-11H2,1-6H3/t14-,16-/m1/s1. The lowest BCUT2D eigenvalue weighted by Crippen LogP contribution is -2.41. The molecule has 142 valence electrons. The van der Waals surface area contributed by atoms with E-state index in [1.54, 1.807) is 12.3 Å². The maximum absolute atomic E-state index is 12.4. The van der Waals surface area contributed by atoms with E-state index in [9.17, 15) is 9.59 Å². The van der Waals surface area contributed by atoms with Gasteiger partial charge in [-0.2, -0.15) is 0 Å². The molecule has 0 saturated heterocycles. The Balaban J connectivity index is 2.77. The van der Waals surface area contributed by atoms with Crippen molar-refractivity contribution >= 4 is 23.2 Å². The van der Waals surface area contributed by atoms with Gasteiger partial charge in [-0.1, -0.05) is 34.1 Å². The van der Waals surface area contributed by atoms with Gasteiger partial charge in [0.1, 0.15) is 0 Å². The molecule has 1 amide bonds. The summed E-state index contributed by atoms with van der Waals surface area (Å²) in [6, 6.07) is 0.161. The van der Waals surface area contributed by atoms with Gasteiger partial charge in [0.2, 0.25) is 5.91 Å². The monoisotopic (exact) mass is 368 g/mol. The van der Waals surface area contributed by atoms with Crippen molar-refractivity contribution < 1.29 is 14.3 Å². The molecule has 0 aromatic carbocycles. The Bertz CT molecular complexity index is 557. The van der Waals surface area contributed by atoms with E-state index in [-0.39, 0.29) is 23.8 Å². The molecule has 0 aliphatic heterocycles. The van der Waals surface area contributed by atoms with Crippen molar-refractivity contribution in [3.63, 3.8) is 0 Å². The topological polar surface area (TPSA) is 59.5 Å². The molecule has 0 aliphatic carbocycles. The number of hydrogen-bond donors (Lipinski definition) is 0. The molecule has 0 saturated carbocycles. The largest absolute Gasteiger partial charge is 0.461 e. The summed E-state index contributed by atoms with van der Waals surface area (Å²) in [5, 5.41) is 2.67. The van der Waals surface area contributed by atoms with Gasteiger partial charge in [-0.15, -0.1) is 11.3 Å². The molecular formula is C19H32N2O3S. The van der Waals surface area contributed by atoms with Crippen molar-refractivity contribution in [2.24, 2.45) is 5.92 Å². The van der Waals surface area contributed by atoms with E-state index >= 15 is 0 Å². The van der Waals surface area contributed by atoms with E-state index in [0.29, 0.717) is 24.6 Å². The first-order chi connectivity index (χ1) is 11.8. The van der Waals surface area contributed by atoms with E-state index in [0.717, 1.165) is 24.3 Å². The minimum Gasteiger partial charge on any atom is -0.461 e. The van der Waals surface area contributed by atoms with Crippen LogP contribution >= 0.6 is 11.3 Å². The van der Waals surface area contributed by atoms with Crippen LogP contribution in [-0.2, 0) is 9.53 Å². The van der Waals surface area contributed by atoms with Crippen LogP contribution in [0.4, 0.5) is 0 Å². The highest BCUT2D eigenvalue weighted by molar-refractivity contribution is 7.09. The lowest BCUT2D eigenvalue weighted by molar-refractivity contribution is -0.133. The van der Waals surface area contributed by atoms with Crippen LogP contribution in [0.1, 0.15) is 81.7 Å². The molecule has 0 bridgehead atoms. The molecule has 0 fully saturated rings. The number of esters is 1. The Labute approximate surface area is 155 Å². The van der Waals surface area contributed by atoms with Crippen LogP contribution in [0.5, 0.6) is 0 Å². The summed E-state index contributed by atoms with van der Waals surface area (Å²) in [6.45, 7) is 10.6. The van der Waals surface area contributed by atoms with Crippen molar-refractivity contribution in [1.82, 2.24) is 9.88 Å². The van der Waals surface area contributed by atoms with Gasteiger partial charge in [-0.25, -0.2) is 9.78 Å². The summed E-state index contributed by atoms with van der Waals surface area (Å²) in [4.78, 5) is 30.5. The van der Waals surface area contributed by atoms with Crippen molar-refractivity contribution in [3.05, 3.63) is 16.1 Å². The summed E-state index contributed by atoms with van der Waals surface area (Å²) in [6.07, 6.45) is 3.40. The Hall–Kier alpha value is -1.43. The third-order valence-corrected chi connectivity index (χ3v) is 5.50. The number of thiazole rings is 1. The molecule has 25 heavy (non-hydrogen) atoms. The predicted octanol–water partition coefficient (Wildman–Crippen LogP) is 4.49. The molecule has 1 rings (SSSR count). The van der Waals surface area contributed by atoms with Crippen molar-refractivity contribution in [2.75, 3.05) is 13.7 Å². The van der Waals surface area contributed by atoms with Gasteiger partial charge in [0, 0.05) is 30.8 Å². The molecule has 6 heteroatoms. The minimum atomic E-state index is -0.371. The third kappa shape index (κ3) is 6.42. The van der Waals surface area contributed by atoms with E-state index in [2.05, 4.69) is 32.7 Å². The fraction of sp³-hybridized carbons (Fsp3) is 0.737. The van der Waals surface area contributed by atoms with Crippen LogP contribution in [0, 0.1) is 5.92 Å². The number of carbonyl (C=O) groups excluding carboxylic acids is 2. The van der Waals surface area contributed by atoms with E-state index < -0.39 is 0 Å². The summed E-state index contributed by atoms with van der Waals surface area (Å²) in [5.74, 6) is 0.382. The molecule has 0 unspecified atom stereocenters. The first-order valence-corrected chi connectivity index (χ1v) is 10.1. The Morgan fingerprint density at radius 2 is 1.96 bits per heavy atom. The number of amides is 1. The fourth-order valence-electron chi connectivity index (χ4n) is 2.84. The van der Waals surface area contributed by atoms with Crippen LogP contribution in [0.15, 0.2) is 5.38 Å². The number of ether oxygens (including phenoxy) is 1. The third-order valence-electron chi connectivity index (χ3n) is 4.43. The zero-order chi connectivity index (χ0) is 19.0. The highest BCUT2D eigenvalue weighted by Gasteiger charge is 2.26. The molecule has 0 spiro atoms. The zero-order valence-electron chi connectivity index (χ0n) is 16.4. The van der Waals surface area contributed by atoms with Crippen LogP contribution in [-0.4, -0.2) is 41.5 Å². The quantitative estimate of drug-likeness (QED) is 0.571. The van der Waals surface area contributed by atoms with Gasteiger partial charge >= 0.3 is 5.97 Å². The molecule has 0 radical (unpaired) electrons. The van der Waals surface area contributed by atoms with Gasteiger partial charge in [0.05, 0.1) is 11.6 Å². The van der Waals surface area contributed by atoms with Gasteiger partial charge in [-0.3, -0.25) is 4.79 Å². The first kappa shape index (κ1) is 21.6. The van der Waals surface area contributed by atoms with Crippen LogP contribution in [0.3, 0.4) is 0 Å². The molecule has 1 aromatic rings. The number of unbranched alkanes of at least 4 members (excludes halogenated alkanes) is 1. The summed E-state index contributed by atoms with van der Waals surface area (Å²) in [7, 11) is 1.90. The number of nitrogens with zero attached hydrogens (tertiary/aromatic N) is 2. The highest BCUT2D eigenvalue weighted by Crippen LogP contribution is 2.28. The molecule has 0 aliphatic rings. The van der Waals surface area contributed by atoms with E-state index in [1.165, 1.54) is 11.3 Å². The average molecular weight is 369 g/mol. The molecule has 2 atom stereocenters. The second-order valence-electron chi connectivity index (χ2n) is 6.85. The SMILES string of the molecule is CCCCC(=O)N(C)[C@H](C[C@@H](C)c1nc(C(=O)OCC)cs1)C(C)C.